The number of nitrogens with zero attached hydrogens (tertiary/aromatic N) is 2. The van der Waals surface area contributed by atoms with Crippen LogP contribution in [0, 0.1) is 6.92 Å². The van der Waals surface area contributed by atoms with Gasteiger partial charge >= 0.3 is 0 Å². The zero-order chi connectivity index (χ0) is 23.5. The van der Waals surface area contributed by atoms with Gasteiger partial charge in [0.05, 0.1) is 11.3 Å². The highest BCUT2D eigenvalue weighted by Gasteiger charge is 2.17. The zero-order valence-corrected chi connectivity index (χ0v) is 20.8. The highest BCUT2D eigenvalue weighted by Crippen LogP contribution is 2.32. The number of hydrogen-bond acceptors (Lipinski definition) is 5. The molecule has 4 aromatic rings. The van der Waals surface area contributed by atoms with Crippen molar-refractivity contribution >= 4 is 44.9 Å². The van der Waals surface area contributed by atoms with Crippen LogP contribution in [0.5, 0.6) is 0 Å². The van der Waals surface area contributed by atoms with E-state index >= 15 is 0 Å². The number of hydrogen-bond donors (Lipinski definition) is 1. The smallest absolute Gasteiger partial charge is 0.272 e. The van der Waals surface area contributed by atoms with Gasteiger partial charge in [0.2, 0.25) is 5.91 Å². The predicted molar refractivity (Wildman–Crippen MR) is 140 cm³/mol. The van der Waals surface area contributed by atoms with Crippen LogP contribution in [0.2, 0.25) is 0 Å². The van der Waals surface area contributed by atoms with Crippen molar-refractivity contribution in [1.29, 1.82) is 0 Å². The molecule has 4 rings (SSSR count). The molecular formula is C26H27N3O2S2. The molecule has 1 N–H and O–H groups in total. The van der Waals surface area contributed by atoms with Crippen molar-refractivity contribution in [2.45, 2.75) is 45.3 Å². The predicted octanol–water partition coefficient (Wildman–Crippen LogP) is 6.31. The van der Waals surface area contributed by atoms with E-state index in [-0.39, 0.29) is 17.2 Å². The van der Waals surface area contributed by atoms with Gasteiger partial charge in [-0.05, 0) is 43.0 Å². The van der Waals surface area contributed by atoms with Crippen LogP contribution in [0.25, 0.3) is 21.3 Å². The molecule has 0 aliphatic carbocycles. The minimum absolute atomic E-state index is 0.0574. The van der Waals surface area contributed by atoms with Gasteiger partial charge in [-0.2, -0.15) is 0 Å². The summed E-state index contributed by atoms with van der Waals surface area (Å²) in [6, 6.07) is 16.1. The van der Waals surface area contributed by atoms with E-state index in [9.17, 15) is 9.59 Å². The van der Waals surface area contributed by atoms with Crippen molar-refractivity contribution in [3.05, 3.63) is 75.4 Å². The highest BCUT2D eigenvalue weighted by molar-refractivity contribution is 7.99. The van der Waals surface area contributed by atoms with Gasteiger partial charge in [-0.15, -0.1) is 11.3 Å². The average Bonchev–Trinajstić information content (AvgIpc) is 3.23. The third kappa shape index (κ3) is 5.04. The van der Waals surface area contributed by atoms with Gasteiger partial charge < -0.3 is 5.32 Å². The molecule has 2 aromatic carbocycles. The van der Waals surface area contributed by atoms with Crippen molar-refractivity contribution in [3.8, 4) is 11.1 Å². The summed E-state index contributed by atoms with van der Waals surface area (Å²) >= 11 is 2.71. The number of benzene rings is 2. The third-order valence-corrected chi connectivity index (χ3v) is 7.45. The summed E-state index contributed by atoms with van der Waals surface area (Å²) in [7, 11) is 0. The first-order chi connectivity index (χ1) is 15.9. The van der Waals surface area contributed by atoms with Crippen molar-refractivity contribution < 1.29 is 4.79 Å². The molecule has 0 atom stereocenters. The number of nitrogens with one attached hydrogen (secondary N) is 1. The van der Waals surface area contributed by atoms with Crippen LogP contribution in [0.1, 0.15) is 37.8 Å². The number of aryl methyl sites for hydroxylation is 1. The molecule has 0 unspecified atom stereocenters. The lowest BCUT2D eigenvalue weighted by Crippen LogP contribution is -2.22. The van der Waals surface area contributed by atoms with Gasteiger partial charge in [0.1, 0.15) is 4.70 Å². The summed E-state index contributed by atoms with van der Waals surface area (Å²) in [4.78, 5) is 30.5. The second-order valence-corrected chi connectivity index (χ2v) is 10.1. The lowest BCUT2D eigenvalue weighted by molar-refractivity contribution is -0.113. The number of fused-ring (bicyclic) bond motifs is 1. The fourth-order valence-electron chi connectivity index (χ4n) is 3.59. The maximum atomic E-state index is 13.1. The maximum absolute atomic E-state index is 13.1. The topological polar surface area (TPSA) is 64.0 Å². The van der Waals surface area contributed by atoms with E-state index in [1.165, 1.54) is 34.2 Å². The summed E-state index contributed by atoms with van der Waals surface area (Å²) in [5.74, 6) is 0.491. The van der Waals surface area contributed by atoms with Crippen molar-refractivity contribution in [3.63, 3.8) is 0 Å². The highest BCUT2D eigenvalue weighted by atomic mass is 32.2. The molecule has 0 aliphatic heterocycles. The molecule has 33 heavy (non-hydrogen) atoms. The van der Waals surface area contributed by atoms with Crippen LogP contribution in [-0.4, -0.2) is 21.2 Å². The molecule has 0 spiro atoms. The van der Waals surface area contributed by atoms with E-state index in [2.05, 4.69) is 43.4 Å². The Labute approximate surface area is 201 Å². The van der Waals surface area contributed by atoms with Crippen molar-refractivity contribution in [2.75, 3.05) is 11.1 Å². The third-order valence-electron chi connectivity index (χ3n) is 5.51. The largest absolute Gasteiger partial charge is 0.325 e. The quantitative estimate of drug-likeness (QED) is 0.250. The molecule has 0 aliphatic rings. The Morgan fingerprint density at radius 1 is 1.12 bits per heavy atom. The zero-order valence-electron chi connectivity index (χ0n) is 19.2. The first kappa shape index (κ1) is 23.3. The lowest BCUT2D eigenvalue weighted by atomic mass is 10.0. The van der Waals surface area contributed by atoms with E-state index in [0.717, 1.165) is 16.8 Å². The Bertz CT molecular complexity index is 1340. The summed E-state index contributed by atoms with van der Waals surface area (Å²) in [5, 5.41) is 5.49. The van der Waals surface area contributed by atoms with E-state index < -0.39 is 0 Å². The number of carbonyl (C=O) groups is 1. The van der Waals surface area contributed by atoms with Crippen LogP contribution >= 0.6 is 23.1 Å². The number of thiophene rings is 1. The molecule has 1 amide bonds. The van der Waals surface area contributed by atoms with Crippen molar-refractivity contribution in [1.82, 2.24) is 9.55 Å². The first-order valence-electron chi connectivity index (χ1n) is 11.0. The molecule has 7 heteroatoms. The Morgan fingerprint density at radius 2 is 1.82 bits per heavy atom. The molecule has 0 bridgehead atoms. The van der Waals surface area contributed by atoms with Gasteiger partial charge in [-0.1, -0.05) is 67.6 Å². The Kier molecular flexibility index (Phi) is 7.00. The fourth-order valence-corrected chi connectivity index (χ4v) is 5.40. The van der Waals surface area contributed by atoms with Gasteiger partial charge in [-0.3, -0.25) is 14.2 Å². The fraction of sp³-hybridized carbons (Fsp3) is 0.269. The summed E-state index contributed by atoms with van der Waals surface area (Å²) < 4.78 is 2.29. The SMILES string of the molecule is CCn1c(SCC(=O)Nc2ccc(C(C)C)cc2)nc2c(-c3ccc(C)cc3)csc2c1=O. The standard InChI is InChI=1S/C26H27N3O2S2/c1-5-29-25(31)24-23(21(14-32-24)19-8-6-17(4)7-9-19)28-26(29)33-15-22(30)27-20-12-10-18(11-13-20)16(2)3/h6-14,16H,5,15H2,1-4H3,(H,27,30). The molecule has 0 fully saturated rings. The lowest BCUT2D eigenvalue weighted by Gasteiger charge is -2.11. The van der Waals surface area contributed by atoms with Gasteiger partial charge in [0.15, 0.2) is 5.16 Å². The maximum Gasteiger partial charge on any atom is 0.272 e. The normalized spacial score (nSPS) is 11.3. The number of carbonyl (C=O) groups excluding carboxylic acids is 1. The number of rotatable bonds is 7. The molecule has 0 saturated heterocycles. The number of aromatic nitrogens is 2. The van der Waals surface area contributed by atoms with Crippen LogP contribution in [-0.2, 0) is 11.3 Å². The monoisotopic (exact) mass is 477 g/mol. The van der Waals surface area contributed by atoms with Crippen molar-refractivity contribution in [2.24, 2.45) is 0 Å². The Morgan fingerprint density at radius 3 is 2.45 bits per heavy atom. The van der Waals surface area contributed by atoms with Gasteiger partial charge in [0, 0.05) is 23.2 Å². The van der Waals surface area contributed by atoms with Crippen LogP contribution < -0.4 is 10.9 Å². The molecule has 5 nitrogen and oxygen atoms in total. The van der Waals surface area contributed by atoms with Gasteiger partial charge in [-0.25, -0.2) is 4.98 Å². The second kappa shape index (κ2) is 9.93. The first-order valence-corrected chi connectivity index (χ1v) is 12.9. The Balaban J connectivity index is 1.57. The molecule has 170 valence electrons. The average molecular weight is 478 g/mol. The summed E-state index contributed by atoms with van der Waals surface area (Å²) in [6.07, 6.45) is 0. The molecule has 2 aromatic heterocycles. The Hall–Kier alpha value is -2.90. The number of amides is 1. The minimum atomic E-state index is -0.127. The van der Waals surface area contributed by atoms with Crippen LogP contribution in [0.3, 0.4) is 0 Å². The number of anilines is 1. The molecular weight excluding hydrogens is 450 g/mol. The molecule has 0 saturated carbocycles. The van der Waals surface area contributed by atoms with E-state index in [1.54, 1.807) is 4.57 Å². The minimum Gasteiger partial charge on any atom is -0.325 e. The second-order valence-electron chi connectivity index (χ2n) is 8.25. The number of thioether (sulfide) groups is 1. The molecule has 0 radical (unpaired) electrons. The summed E-state index contributed by atoms with van der Waals surface area (Å²) in [6.45, 7) is 8.74. The van der Waals surface area contributed by atoms with E-state index in [0.29, 0.717) is 27.8 Å². The summed E-state index contributed by atoms with van der Waals surface area (Å²) in [5.41, 5.74) is 5.80. The van der Waals surface area contributed by atoms with E-state index in [4.69, 9.17) is 4.98 Å². The van der Waals surface area contributed by atoms with E-state index in [1.807, 2.05) is 43.5 Å². The van der Waals surface area contributed by atoms with Crippen LogP contribution in [0.4, 0.5) is 5.69 Å². The molecule has 2 heterocycles. The van der Waals surface area contributed by atoms with Crippen LogP contribution in [0.15, 0.2) is 63.9 Å². The van der Waals surface area contributed by atoms with Gasteiger partial charge in [0.25, 0.3) is 5.56 Å².